The average molecular weight is 423 g/mol. The summed E-state index contributed by atoms with van der Waals surface area (Å²) in [6, 6.07) is 15.5. The molecule has 1 aliphatic heterocycles. The van der Waals surface area contributed by atoms with Crippen LogP contribution in [-0.2, 0) is 9.59 Å². The maximum Gasteiger partial charge on any atom is 0.328 e. The van der Waals surface area contributed by atoms with Crippen molar-refractivity contribution in [3.05, 3.63) is 71.3 Å². The van der Waals surface area contributed by atoms with Crippen LogP contribution in [0, 0.1) is 13.8 Å². The van der Waals surface area contributed by atoms with Crippen molar-refractivity contribution in [3.63, 3.8) is 0 Å². The number of piperidine rings is 1. The van der Waals surface area contributed by atoms with Gasteiger partial charge in [0.15, 0.2) is 0 Å². The first-order chi connectivity index (χ1) is 14.9. The molecule has 5 nitrogen and oxygen atoms in total. The maximum absolute atomic E-state index is 12.6. The van der Waals surface area contributed by atoms with E-state index < -0.39 is 5.97 Å². The third-order valence-corrected chi connectivity index (χ3v) is 5.37. The normalized spacial score (nSPS) is 16.4. The summed E-state index contributed by atoms with van der Waals surface area (Å²) in [5.41, 5.74) is 4.15. The largest absolute Gasteiger partial charge is 0.478 e. The Labute approximate surface area is 185 Å². The highest BCUT2D eigenvalue weighted by Crippen LogP contribution is 2.23. The molecule has 31 heavy (non-hydrogen) atoms. The summed E-state index contributed by atoms with van der Waals surface area (Å²) < 4.78 is 0. The number of nitrogens with one attached hydrogen (secondary N) is 1. The number of nitrogens with zero attached hydrogens (tertiary/aromatic N) is 1. The average Bonchev–Trinajstić information content (AvgIpc) is 2.77. The highest BCUT2D eigenvalue weighted by Gasteiger charge is 2.28. The molecule has 0 bridgehead atoms. The van der Waals surface area contributed by atoms with Gasteiger partial charge in [0.05, 0.1) is 6.04 Å². The monoisotopic (exact) mass is 422 g/mol. The molecule has 2 N–H and O–H groups in total. The quantitative estimate of drug-likeness (QED) is 0.621. The van der Waals surface area contributed by atoms with Crippen molar-refractivity contribution < 1.29 is 14.7 Å². The second-order valence-corrected chi connectivity index (χ2v) is 7.89. The summed E-state index contributed by atoms with van der Waals surface area (Å²) in [5.74, 6) is -0.760. The molecule has 1 fully saturated rings. The minimum atomic E-state index is -0.922. The van der Waals surface area contributed by atoms with Crippen molar-refractivity contribution in [2.45, 2.75) is 52.5 Å². The van der Waals surface area contributed by atoms with Gasteiger partial charge in [-0.25, -0.2) is 4.79 Å². The van der Waals surface area contributed by atoms with E-state index in [4.69, 9.17) is 5.11 Å². The summed E-state index contributed by atoms with van der Waals surface area (Å²) in [7, 11) is 0. The molecule has 0 radical (unpaired) electrons. The van der Waals surface area contributed by atoms with E-state index in [0.717, 1.165) is 60.8 Å². The van der Waals surface area contributed by atoms with E-state index in [2.05, 4.69) is 17.1 Å². The second kappa shape index (κ2) is 12.7. The van der Waals surface area contributed by atoms with Crippen LogP contribution in [0.1, 0.15) is 49.3 Å². The first kappa shape index (κ1) is 24.4. The van der Waals surface area contributed by atoms with Gasteiger partial charge in [0, 0.05) is 11.8 Å². The summed E-state index contributed by atoms with van der Waals surface area (Å²) in [6.07, 6.45) is 7.14. The van der Waals surface area contributed by atoms with Gasteiger partial charge in [0.25, 0.3) is 0 Å². The first-order valence-electron chi connectivity index (χ1n) is 11.0. The Balaban J connectivity index is 0.000000262. The van der Waals surface area contributed by atoms with Crippen LogP contribution < -0.4 is 5.32 Å². The molecule has 1 saturated heterocycles. The number of hydrogen-bond acceptors (Lipinski definition) is 3. The minimum absolute atomic E-state index is 0.0442. The van der Waals surface area contributed by atoms with Crippen LogP contribution in [0.25, 0.3) is 6.08 Å². The van der Waals surface area contributed by atoms with E-state index in [0.29, 0.717) is 0 Å². The van der Waals surface area contributed by atoms with Crippen molar-refractivity contribution in [2.75, 3.05) is 18.4 Å². The van der Waals surface area contributed by atoms with Gasteiger partial charge in [-0.1, -0.05) is 61.9 Å². The van der Waals surface area contributed by atoms with Crippen LogP contribution in [-0.4, -0.2) is 41.0 Å². The Hall–Kier alpha value is -2.92. The molecule has 2 aromatic rings. The number of benzene rings is 2. The molecule has 166 valence electrons. The molecule has 5 heteroatoms. The van der Waals surface area contributed by atoms with Gasteiger partial charge in [-0.05, 0) is 69.0 Å². The maximum atomic E-state index is 12.6. The number of carboxylic acids is 1. The molecule has 0 saturated carbocycles. The Morgan fingerprint density at radius 1 is 1.06 bits per heavy atom. The number of carboxylic acid groups (broad SMARTS) is 1. The Morgan fingerprint density at radius 3 is 2.35 bits per heavy atom. The number of rotatable bonds is 6. The molecule has 2 aromatic carbocycles. The molecule has 0 unspecified atom stereocenters. The predicted octanol–water partition coefficient (Wildman–Crippen LogP) is 5.29. The van der Waals surface area contributed by atoms with E-state index in [1.54, 1.807) is 6.08 Å². The molecule has 1 atom stereocenters. The van der Waals surface area contributed by atoms with Crippen LogP contribution in [0.4, 0.5) is 5.69 Å². The van der Waals surface area contributed by atoms with Gasteiger partial charge in [0.1, 0.15) is 0 Å². The summed E-state index contributed by atoms with van der Waals surface area (Å²) in [4.78, 5) is 25.0. The van der Waals surface area contributed by atoms with Crippen LogP contribution in [0.15, 0.2) is 54.6 Å². The molecule has 0 aliphatic carbocycles. The standard InChI is InChI=1S/C17H26N2O.C9H8O2/c1-4-11-19-12-6-5-10-15(19)17(20)18-16-13(2)8-7-9-14(16)3;10-9(11)7-6-8-4-2-1-3-5-8/h7-9,15H,4-6,10-12H2,1-3H3,(H,18,20);1-7H,(H,10,11)/b;7-6+/t15-;/m0./s1. The molecule has 0 aromatic heterocycles. The zero-order valence-corrected chi connectivity index (χ0v) is 18.8. The van der Waals surface area contributed by atoms with Gasteiger partial charge >= 0.3 is 5.97 Å². The van der Waals surface area contributed by atoms with E-state index in [9.17, 15) is 9.59 Å². The third kappa shape index (κ3) is 8.02. The second-order valence-electron chi connectivity index (χ2n) is 7.89. The fourth-order valence-electron chi connectivity index (χ4n) is 3.79. The molecule has 1 heterocycles. The summed E-state index contributed by atoms with van der Waals surface area (Å²) >= 11 is 0. The van der Waals surface area contributed by atoms with Gasteiger partial charge in [-0.2, -0.15) is 0 Å². The van der Waals surface area contributed by atoms with Gasteiger partial charge in [-0.15, -0.1) is 0 Å². The summed E-state index contributed by atoms with van der Waals surface area (Å²) in [6.45, 7) is 8.35. The highest BCUT2D eigenvalue weighted by atomic mass is 16.4. The van der Waals surface area contributed by atoms with Crippen molar-refractivity contribution >= 4 is 23.6 Å². The zero-order chi connectivity index (χ0) is 22.6. The van der Waals surface area contributed by atoms with Crippen LogP contribution in [0.3, 0.4) is 0 Å². The number of amides is 1. The predicted molar refractivity (Wildman–Crippen MR) is 127 cm³/mol. The smallest absolute Gasteiger partial charge is 0.328 e. The third-order valence-electron chi connectivity index (χ3n) is 5.37. The van der Waals surface area contributed by atoms with Gasteiger partial charge in [-0.3, -0.25) is 9.69 Å². The van der Waals surface area contributed by atoms with E-state index in [1.165, 1.54) is 6.42 Å². The van der Waals surface area contributed by atoms with Crippen molar-refractivity contribution in [2.24, 2.45) is 0 Å². The van der Waals surface area contributed by atoms with E-state index in [-0.39, 0.29) is 11.9 Å². The number of carbonyl (C=O) groups excluding carboxylic acids is 1. The lowest BCUT2D eigenvalue weighted by Gasteiger charge is -2.34. The number of para-hydroxylation sites is 1. The van der Waals surface area contributed by atoms with Crippen LogP contribution in [0.2, 0.25) is 0 Å². The lowest BCUT2D eigenvalue weighted by atomic mass is 10.0. The first-order valence-corrected chi connectivity index (χ1v) is 11.0. The zero-order valence-electron chi connectivity index (χ0n) is 18.8. The Kier molecular flexibility index (Phi) is 9.98. The number of anilines is 1. The minimum Gasteiger partial charge on any atom is -0.478 e. The molecule has 1 amide bonds. The van der Waals surface area contributed by atoms with Crippen molar-refractivity contribution in [1.29, 1.82) is 0 Å². The Bertz CT molecular complexity index is 855. The number of aliphatic carboxylic acids is 1. The van der Waals surface area contributed by atoms with Crippen LogP contribution >= 0.6 is 0 Å². The van der Waals surface area contributed by atoms with Crippen molar-refractivity contribution in [1.82, 2.24) is 4.90 Å². The summed E-state index contributed by atoms with van der Waals surface area (Å²) in [5, 5.41) is 11.4. The fraction of sp³-hybridized carbons (Fsp3) is 0.385. The Morgan fingerprint density at radius 2 is 1.74 bits per heavy atom. The highest BCUT2D eigenvalue weighted by molar-refractivity contribution is 5.96. The fourth-order valence-corrected chi connectivity index (χ4v) is 3.79. The molecule has 0 spiro atoms. The lowest BCUT2D eigenvalue weighted by molar-refractivity contribution is -0.131. The van der Waals surface area contributed by atoms with Gasteiger partial charge < -0.3 is 10.4 Å². The lowest BCUT2D eigenvalue weighted by Crippen LogP contribution is -2.47. The molecular weight excluding hydrogens is 388 g/mol. The van der Waals surface area contributed by atoms with Crippen LogP contribution in [0.5, 0.6) is 0 Å². The number of hydrogen-bond donors (Lipinski definition) is 2. The topological polar surface area (TPSA) is 69.6 Å². The molecular formula is C26H34N2O3. The number of likely N-dealkylation sites (tertiary alicyclic amines) is 1. The molecule has 3 rings (SSSR count). The number of carbonyl (C=O) groups is 2. The van der Waals surface area contributed by atoms with E-state index >= 15 is 0 Å². The van der Waals surface area contributed by atoms with E-state index in [1.807, 2.05) is 62.4 Å². The van der Waals surface area contributed by atoms with Gasteiger partial charge in [0.2, 0.25) is 5.91 Å². The van der Waals surface area contributed by atoms with Crippen molar-refractivity contribution in [3.8, 4) is 0 Å². The molecule has 1 aliphatic rings. The SMILES string of the molecule is CCCN1CCCC[C@H]1C(=O)Nc1c(C)cccc1C.O=C(O)/C=C/c1ccccc1. The number of aryl methyl sites for hydroxylation is 2.